The van der Waals surface area contributed by atoms with Crippen molar-refractivity contribution in [3.63, 3.8) is 0 Å². The van der Waals surface area contributed by atoms with Crippen molar-refractivity contribution in [1.29, 1.82) is 0 Å². The van der Waals surface area contributed by atoms with Crippen LogP contribution < -0.4 is 0 Å². The molecule has 0 aliphatic heterocycles. The van der Waals surface area contributed by atoms with E-state index in [1.165, 1.54) is 66.1 Å². The molecule has 4 heterocycles. The third-order valence-electron chi connectivity index (χ3n) is 17.0. The molecule has 17 rings (SSSR count). The first-order valence-corrected chi connectivity index (χ1v) is 25.0. The first-order chi connectivity index (χ1) is 35.2. The molecule has 0 amide bonds. The molecular formula is C68H42O4. The van der Waals surface area contributed by atoms with E-state index in [0.717, 1.165) is 110 Å². The van der Waals surface area contributed by atoms with Crippen molar-refractivity contribution in [1.82, 2.24) is 0 Å². The van der Waals surface area contributed by atoms with Crippen LogP contribution in [-0.2, 0) is 10.8 Å². The molecule has 0 spiro atoms. The maximum absolute atomic E-state index is 7.08. The molecule has 4 heteroatoms. The van der Waals surface area contributed by atoms with E-state index in [1.807, 2.05) is 12.1 Å². The highest BCUT2D eigenvalue weighted by molar-refractivity contribution is 6.32. The van der Waals surface area contributed by atoms with Gasteiger partial charge in [0.1, 0.15) is 44.7 Å². The van der Waals surface area contributed by atoms with Crippen LogP contribution >= 0.6 is 0 Å². The van der Waals surface area contributed by atoms with Crippen molar-refractivity contribution in [2.75, 3.05) is 0 Å². The fourth-order valence-corrected chi connectivity index (χ4v) is 13.6. The Labute approximate surface area is 412 Å². The van der Waals surface area contributed by atoms with Crippen LogP contribution in [0.2, 0.25) is 0 Å². The van der Waals surface area contributed by atoms with Gasteiger partial charge in [-0.3, -0.25) is 0 Å². The van der Waals surface area contributed by atoms with Gasteiger partial charge in [-0.05, 0) is 126 Å². The highest BCUT2D eigenvalue weighted by Crippen LogP contribution is 2.56. The van der Waals surface area contributed by atoms with Gasteiger partial charge in [0.15, 0.2) is 0 Å². The maximum atomic E-state index is 7.08. The van der Waals surface area contributed by atoms with Crippen LogP contribution in [0.25, 0.3) is 154 Å². The summed E-state index contributed by atoms with van der Waals surface area (Å²) in [7, 11) is 0. The lowest BCUT2D eigenvalue weighted by Gasteiger charge is -2.22. The zero-order chi connectivity index (χ0) is 47.5. The number of fused-ring (bicyclic) bond motifs is 24. The lowest BCUT2D eigenvalue weighted by atomic mass is 9.81. The summed E-state index contributed by atoms with van der Waals surface area (Å²) < 4.78 is 28.0. The smallest absolute Gasteiger partial charge is 0.144 e. The average molecular weight is 923 g/mol. The summed E-state index contributed by atoms with van der Waals surface area (Å²) in [6, 6.07) is 66.1. The van der Waals surface area contributed by atoms with Crippen LogP contribution in [0.5, 0.6) is 0 Å². The normalized spacial score (nSPS) is 14.6. The molecule has 4 nitrogen and oxygen atoms in total. The zero-order valence-electron chi connectivity index (χ0n) is 40.0. The van der Waals surface area contributed by atoms with Crippen LogP contribution in [0, 0.1) is 0 Å². The Morgan fingerprint density at radius 1 is 0.278 bits per heavy atom. The van der Waals surface area contributed by atoms with Crippen LogP contribution in [0.4, 0.5) is 0 Å². The van der Waals surface area contributed by atoms with E-state index >= 15 is 0 Å². The summed E-state index contributed by atoms with van der Waals surface area (Å²) in [6.45, 7) is 9.40. The number of benzene rings is 11. The topological polar surface area (TPSA) is 52.6 Å². The van der Waals surface area contributed by atoms with Crippen LogP contribution in [-0.4, -0.2) is 0 Å². The first kappa shape index (κ1) is 38.9. The minimum Gasteiger partial charge on any atom is -0.456 e. The van der Waals surface area contributed by atoms with Crippen LogP contribution in [0.1, 0.15) is 49.9 Å². The predicted molar refractivity (Wildman–Crippen MR) is 297 cm³/mol. The molecular weight excluding hydrogens is 881 g/mol. The van der Waals surface area contributed by atoms with Gasteiger partial charge in [0, 0.05) is 65.0 Å². The predicted octanol–water partition coefficient (Wildman–Crippen LogP) is 19.5. The summed E-state index contributed by atoms with van der Waals surface area (Å²) in [5, 5.41) is 13.3. The molecule has 0 saturated carbocycles. The highest BCUT2D eigenvalue weighted by Gasteiger charge is 2.39. The zero-order valence-corrected chi connectivity index (χ0v) is 40.0. The molecule has 338 valence electrons. The fraction of sp³-hybridized carbons (Fsp3) is 0.0882. The molecule has 0 atom stereocenters. The van der Waals surface area contributed by atoms with Crippen LogP contribution in [0.15, 0.2) is 200 Å². The molecule has 4 aromatic heterocycles. The summed E-state index contributed by atoms with van der Waals surface area (Å²) in [5.74, 6) is 0. The van der Waals surface area contributed by atoms with Gasteiger partial charge >= 0.3 is 0 Å². The van der Waals surface area contributed by atoms with E-state index in [0.29, 0.717) is 0 Å². The molecule has 2 aliphatic carbocycles. The Morgan fingerprint density at radius 2 is 0.694 bits per heavy atom. The van der Waals surface area contributed by atoms with Crippen molar-refractivity contribution in [2.45, 2.75) is 38.5 Å². The van der Waals surface area contributed by atoms with Gasteiger partial charge in [0.2, 0.25) is 0 Å². The van der Waals surface area contributed by atoms with E-state index in [2.05, 4.69) is 198 Å². The van der Waals surface area contributed by atoms with Gasteiger partial charge < -0.3 is 17.7 Å². The van der Waals surface area contributed by atoms with Gasteiger partial charge in [0.05, 0.1) is 0 Å². The van der Waals surface area contributed by atoms with Gasteiger partial charge in [-0.2, -0.15) is 0 Å². The van der Waals surface area contributed by atoms with Crippen molar-refractivity contribution in [2.24, 2.45) is 0 Å². The molecule has 0 saturated heterocycles. The summed E-state index contributed by atoms with van der Waals surface area (Å²) in [6.07, 6.45) is 0. The molecule has 0 unspecified atom stereocenters. The Morgan fingerprint density at radius 3 is 1.15 bits per heavy atom. The average Bonchev–Trinajstić information content (AvgIpc) is 4.24. The number of rotatable bonds is 2. The lowest BCUT2D eigenvalue weighted by molar-refractivity contribution is 0.659. The number of para-hydroxylation sites is 2. The van der Waals surface area contributed by atoms with Crippen molar-refractivity contribution >= 4 is 109 Å². The largest absolute Gasteiger partial charge is 0.456 e. The third-order valence-corrected chi connectivity index (χ3v) is 17.0. The minimum absolute atomic E-state index is 0.190. The number of hydrogen-bond acceptors (Lipinski definition) is 4. The first-order valence-electron chi connectivity index (χ1n) is 25.0. The van der Waals surface area contributed by atoms with Crippen molar-refractivity contribution in [3.8, 4) is 44.5 Å². The molecule has 0 bridgehead atoms. The Bertz CT molecular complexity index is 4670. The van der Waals surface area contributed by atoms with E-state index in [1.54, 1.807) is 0 Å². The summed E-state index contributed by atoms with van der Waals surface area (Å²) in [4.78, 5) is 0. The van der Waals surface area contributed by atoms with Gasteiger partial charge in [-0.15, -0.1) is 0 Å². The number of furan rings is 4. The van der Waals surface area contributed by atoms with Crippen molar-refractivity contribution in [3.05, 3.63) is 204 Å². The highest BCUT2D eigenvalue weighted by atomic mass is 16.3. The molecule has 0 N–H and O–H groups in total. The lowest BCUT2D eigenvalue weighted by Crippen LogP contribution is -2.15. The van der Waals surface area contributed by atoms with E-state index < -0.39 is 0 Å². The SMILES string of the molecule is CC1(C)c2cc(-c3cc4oc5cc6c(cc5c4c4c3oc3ccccc34)oc3cc(-c4ccc5c(c4)C(C)(C)c4ccc7ccccc7c4-5)c4oc5ccccc5c4c36)ccc2-c2c1ccc1ccccc21. The quantitative estimate of drug-likeness (QED) is 0.173. The molecule has 0 fully saturated rings. The second-order valence-electron chi connectivity index (χ2n) is 21.4. The van der Waals surface area contributed by atoms with Gasteiger partial charge in [-0.25, -0.2) is 0 Å². The monoisotopic (exact) mass is 922 g/mol. The fourth-order valence-electron chi connectivity index (χ4n) is 13.6. The van der Waals surface area contributed by atoms with E-state index in [4.69, 9.17) is 17.7 Å². The van der Waals surface area contributed by atoms with Gasteiger partial charge in [-0.1, -0.05) is 161 Å². The van der Waals surface area contributed by atoms with Crippen molar-refractivity contribution < 1.29 is 17.7 Å². The third kappa shape index (κ3) is 4.78. The van der Waals surface area contributed by atoms with Gasteiger partial charge in [0.25, 0.3) is 0 Å². The Kier molecular flexibility index (Phi) is 7.08. The molecule has 0 radical (unpaired) electrons. The summed E-state index contributed by atoms with van der Waals surface area (Å²) in [5.41, 5.74) is 21.0. The standard InChI is InChI=1S/C68H42O4/c1-67(2)49-27-23-35-13-5-7-15-39(35)59(49)41-25-21-37(29-51(41)67)45-31-57-61(63-43-17-9-11-19-53(43)71-65(45)63)47-33-56-48(34-55(47)69-57)62-58(70-56)32-46(66-64(62)44-18-10-12-20-54(44)72-66)38-22-26-42-52(30-38)68(3,4)50-28-24-36-14-6-8-16-40(36)60(42)50/h5-34H,1-4H3. The molecule has 72 heavy (non-hydrogen) atoms. The Balaban J connectivity index is 0.886. The van der Waals surface area contributed by atoms with E-state index in [-0.39, 0.29) is 10.8 Å². The molecule has 15 aromatic rings. The second-order valence-corrected chi connectivity index (χ2v) is 21.4. The Hall–Kier alpha value is -8.86. The van der Waals surface area contributed by atoms with Crippen LogP contribution in [0.3, 0.4) is 0 Å². The number of hydrogen-bond donors (Lipinski definition) is 0. The molecule has 2 aliphatic rings. The minimum atomic E-state index is -0.190. The summed E-state index contributed by atoms with van der Waals surface area (Å²) >= 11 is 0. The second kappa shape index (κ2) is 13.1. The maximum Gasteiger partial charge on any atom is 0.144 e. The van der Waals surface area contributed by atoms with E-state index in [9.17, 15) is 0 Å². The molecule has 11 aromatic carbocycles.